The predicted molar refractivity (Wildman–Crippen MR) is 80.7 cm³/mol. The fourth-order valence-electron chi connectivity index (χ4n) is 2.06. The van der Waals surface area contributed by atoms with Crippen LogP contribution in [0.1, 0.15) is 31.2 Å². The molecule has 2 rings (SSSR count). The van der Waals surface area contributed by atoms with E-state index in [1.54, 1.807) is 18.2 Å². The van der Waals surface area contributed by atoms with E-state index in [2.05, 4.69) is 0 Å². The Bertz CT molecular complexity index is 609. The first-order chi connectivity index (χ1) is 11.1. The van der Waals surface area contributed by atoms with Crippen LogP contribution in [0.25, 0.3) is 0 Å². The number of rotatable bonds is 2. The van der Waals surface area contributed by atoms with Crippen LogP contribution in [0.4, 0.5) is 13.2 Å². The minimum Gasteiger partial charge on any atom is -0.490 e. The third-order valence-corrected chi connectivity index (χ3v) is 3.64. The SMILES string of the molecule is N#Cc1ccc(OC2CCC(N)CC2)cc1Cl.O=C(O)C(F)(F)F. The normalized spacial score (nSPS) is 20.3. The van der Waals surface area contributed by atoms with Gasteiger partial charge in [-0.15, -0.1) is 0 Å². The van der Waals surface area contributed by atoms with E-state index in [1.165, 1.54) is 0 Å². The molecule has 1 aromatic carbocycles. The van der Waals surface area contributed by atoms with E-state index in [0.717, 1.165) is 31.4 Å². The van der Waals surface area contributed by atoms with Crippen molar-refractivity contribution < 1.29 is 27.8 Å². The molecule has 9 heteroatoms. The third kappa shape index (κ3) is 6.64. The van der Waals surface area contributed by atoms with E-state index >= 15 is 0 Å². The molecule has 3 N–H and O–H groups in total. The molecule has 0 spiro atoms. The number of carbonyl (C=O) groups is 1. The predicted octanol–water partition coefficient (Wildman–Crippen LogP) is 3.49. The summed E-state index contributed by atoms with van der Waals surface area (Å²) in [5.41, 5.74) is 6.32. The Hall–Kier alpha value is -1.98. The Morgan fingerprint density at radius 2 is 1.88 bits per heavy atom. The summed E-state index contributed by atoms with van der Waals surface area (Å²) in [6.45, 7) is 0. The number of aliphatic carboxylic acids is 1. The van der Waals surface area contributed by atoms with Crippen LogP contribution in [0, 0.1) is 11.3 Å². The molecule has 0 atom stereocenters. The van der Waals surface area contributed by atoms with Crippen LogP contribution in [0.5, 0.6) is 5.75 Å². The van der Waals surface area contributed by atoms with Gasteiger partial charge >= 0.3 is 12.1 Å². The number of hydrogen-bond acceptors (Lipinski definition) is 4. The van der Waals surface area contributed by atoms with Crippen LogP contribution in [-0.2, 0) is 4.79 Å². The highest BCUT2D eigenvalue weighted by atomic mass is 35.5. The summed E-state index contributed by atoms with van der Waals surface area (Å²) in [7, 11) is 0. The van der Waals surface area contributed by atoms with Crippen molar-refractivity contribution in [3.8, 4) is 11.8 Å². The molecule has 1 aromatic rings. The van der Waals surface area contributed by atoms with E-state index in [1.807, 2.05) is 6.07 Å². The lowest BCUT2D eigenvalue weighted by molar-refractivity contribution is -0.192. The van der Waals surface area contributed by atoms with Gasteiger partial charge in [0.1, 0.15) is 11.8 Å². The number of carboxylic acid groups (broad SMARTS) is 1. The molecule has 0 unspecified atom stereocenters. The number of halogens is 4. The van der Waals surface area contributed by atoms with Crippen LogP contribution in [0.3, 0.4) is 0 Å². The summed E-state index contributed by atoms with van der Waals surface area (Å²) in [4.78, 5) is 8.90. The number of ether oxygens (including phenoxy) is 1. The Morgan fingerprint density at radius 3 is 2.29 bits per heavy atom. The summed E-state index contributed by atoms with van der Waals surface area (Å²) in [6.07, 6.45) is -0.875. The molecule has 1 fully saturated rings. The monoisotopic (exact) mass is 364 g/mol. The Morgan fingerprint density at radius 1 is 1.33 bits per heavy atom. The van der Waals surface area contributed by atoms with Crippen molar-refractivity contribution in [1.29, 1.82) is 5.26 Å². The highest BCUT2D eigenvalue weighted by Gasteiger charge is 2.38. The smallest absolute Gasteiger partial charge is 0.490 e. The maximum absolute atomic E-state index is 10.6. The maximum atomic E-state index is 10.6. The molecule has 0 bridgehead atoms. The number of carboxylic acids is 1. The highest BCUT2D eigenvalue weighted by molar-refractivity contribution is 6.31. The average Bonchev–Trinajstić information content (AvgIpc) is 2.49. The zero-order chi connectivity index (χ0) is 18.3. The maximum Gasteiger partial charge on any atom is 0.490 e. The largest absolute Gasteiger partial charge is 0.490 e. The lowest BCUT2D eigenvalue weighted by atomic mass is 9.94. The summed E-state index contributed by atoms with van der Waals surface area (Å²) >= 11 is 5.95. The van der Waals surface area contributed by atoms with Gasteiger partial charge in [0.05, 0.1) is 16.7 Å². The quantitative estimate of drug-likeness (QED) is 0.837. The van der Waals surface area contributed by atoms with Gasteiger partial charge in [-0.3, -0.25) is 0 Å². The number of alkyl halides is 3. The molecule has 132 valence electrons. The van der Waals surface area contributed by atoms with Gasteiger partial charge < -0.3 is 15.6 Å². The molecule has 0 radical (unpaired) electrons. The number of nitriles is 1. The molecule has 1 aliphatic rings. The molecule has 0 aliphatic heterocycles. The van der Waals surface area contributed by atoms with Gasteiger partial charge in [0.15, 0.2) is 0 Å². The van der Waals surface area contributed by atoms with Gasteiger partial charge in [-0.2, -0.15) is 18.4 Å². The molecule has 24 heavy (non-hydrogen) atoms. The van der Waals surface area contributed by atoms with E-state index in [4.69, 9.17) is 37.2 Å². The summed E-state index contributed by atoms with van der Waals surface area (Å²) < 4.78 is 37.6. The van der Waals surface area contributed by atoms with Gasteiger partial charge in [-0.25, -0.2) is 4.79 Å². The van der Waals surface area contributed by atoms with Crippen LogP contribution in [-0.4, -0.2) is 29.4 Å². The lowest BCUT2D eigenvalue weighted by Gasteiger charge is -2.26. The second kappa shape index (κ2) is 8.76. The first kappa shape index (κ1) is 20.1. The Balaban J connectivity index is 0.000000351. The van der Waals surface area contributed by atoms with Crippen molar-refractivity contribution in [3.63, 3.8) is 0 Å². The fraction of sp³-hybridized carbons (Fsp3) is 0.467. The Kier molecular flexibility index (Phi) is 7.32. The van der Waals surface area contributed by atoms with Crippen molar-refractivity contribution in [2.75, 3.05) is 0 Å². The van der Waals surface area contributed by atoms with E-state index in [9.17, 15) is 13.2 Å². The standard InChI is InChI=1S/C13H15ClN2O.C2HF3O2/c14-13-7-12(4-1-9(13)8-15)17-11-5-2-10(16)3-6-11;3-2(4,5)1(6)7/h1,4,7,10-11H,2-3,5-6,16H2;(H,6,7). The number of benzene rings is 1. The average molecular weight is 365 g/mol. The summed E-state index contributed by atoms with van der Waals surface area (Å²) in [5.74, 6) is -2.03. The molecule has 1 aliphatic carbocycles. The zero-order valence-electron chi connectivity index (χ0n) is 12.5. The van der Waals surface area contributed by atoms with Crippen molar-refractivity contribution in [2.24, 2.45) is 5.73 Å². The molecule has 0 saturated heterocycles. The van der Waals surface area contributed by atoms with Gasteiger partial charge in [0, 0.05) is 12.1 Å². The first-order valence-corrected chi connectivity index (χ1v) is 7.43. The molecule has 0 heterocycles. The van der Waals surface area contributed by atoms with Crippen molar-refractivity contribution in [1.82, 2.24) is 0 Å². The number of nitrogens with zero attached hydrogens (tertiary/aromatic N) is 1. The first-order valence-electron chi connectivity index (χ1n) is 7.05. The van der Waals surface area contributed by atoms with Crippen LogP contribution in [0.2, 0.25) is 5.02 Å². The van der Waals surface area contributed by atoms with Gasteiger partial charge in [0.25, 0.3) is 0 Å². The number of hydrogen-bond donors (Lipinski definition) is 2. The summed E-state index contributed by atoms with van der Waals surface area (Å²) in [6, 6.07) is 7.53. The topological polar surface area (TPSA) is 96.3 Å². The molecule has 0 amide bonds. The molecular weight excluding hydrogens is 349 g/mol. The lowest BCUT2D eigenvalue weighted by Crippen LogP contribution is -2.31. The highest BCUT2D eigenvalue weighted by Crippen LogP contribution is 2.26. The van der Waals surface area contributed by atoms with Gasteiger partial charge in [0.2, 0.25) is 0 Å². The molecule has 1 saturated carbocycles. The van der Waals surface area contributed by atoms with Crippen molar-refractivity contribution in [3.05, 3.63) is 28.8 Å². The fourth-order valence-corrected chi connectivity index (χ4v) is 2.27. The molecule has 5 nitrogen and oxygen atoms in total. The third-order valence-electron chi connectivity index (χ3n) is 3.33. The van der Waals surface area contributed by atoms with Gasteiger partial charge in [-0.1, -0.05) is 11.6 Å². The second-order valence-corrected chi connectivity index (χ2v) is 5.62. The van der Waals surface area contributed by atoms with Crippen molar-refractivity contribution >= 4 is 17.6 Å². The van der Waals surface area contributed by atoms with Crippen LogP contribution < -0.4 is 10.5 Å². The van der Waals surface area contributed by atoms with E-state index in [0.29, 0.717) is 16.6 Å². The summed E-state index contributed by atoms with van der Waals surface area (Å²) in [5, 5.41) is 16.3. The van der Waals surface area contributed by atoms with Crippen LogP contribution in [0.15, 0.2) is 18.2 Å². The van der Waals surface area contributed by atoms with Gasteiger partial charge in [-0.05, 0) is 37.8 Å². The minimum atomic E-state index is -5.08. The van der Waals surface area contributed by atoms with E-state index in [-0.39, 0.29) is 6.10 Å². The second-order valence-electron chi connectivity index (χ2n) is 5.21. The molecule has 0 aromatic heterocycles. The zero-order valence-corrected chi connectivity index (χ0v) is 13.3. The van der Waals surface area contributed by atoms with Crippen LogP contribution >= 0.6 is 11.6 Å². The van der Waals surface area contributed by atoms with Crippen molar-refractivity contribution in [2.45, 2.75) is 44.0 Å². The molecular formula is C15H16ClF3N2O3. The number of nitrogens with two attached hydrogens (primary N) is 1. The minimum absolute atomic E-state index is 0.221. The Labute approximate surface area is 141 Å². The van der Waals surface area contributed by atoms with E-state index < -0.39 is 12.1 Å².